The zero-order valence-electron chi connectivity index (χ0n) is 18.8. The summed E-state index contributed by atoms with van der Waals surface area (Å²) in [7, 11) is 0. The third-order valence-electron chi connectivity index (χ3n) is 6.97. The van der Waals surface area contributed by atoms with Crippen molar-refractivity contribution in [1.29, 1.82) is 0 Å². The topological polar surface area (TPSA) is 96.4 Å². The Morgan fingerprint density at radius 2 is 2.21 bits per heavy atom. The molecular formula is C24H29ClN2O6. The molecule has 3 saturated heterocycles. The molecule has 178 valence electrons. The van der Waals surface area contributed by atoms with Crippen LogP contribution in [-0.4, -0.2) is 71.8 Å². The number of β-amino-alcohol motifs (C(OH)–C–C–N with tert-alkyl or cyclic N) is 1. The van der Waals surface area contributed by atoms with Gasteiger partial charge in [0.2, 0.25) is 5.91 Å². The lowest BCUT2D eigenvalue weighted by molar-refractivity contribution is -0.154. The van der Waals surface area contributed by atoms with Crippen molar-refractivity contribution in [1.82, 2.24) is 4.90 Å². The number of carbonyl (C=O) groups excluding carboxylic acids is 3. The molecule has 3 heterocycles. The number of benzene rings is 1. The van der Waals surface area contributed by atoms with E-state index >= 15 is 0 Å². The molecule has 5 atom stereocenters. The lowest BCUT2D eigenvalue weighted by Gasteiger charge is -2.37. The minimum absolute atomic E-state index is 0.0412. The van der Waals surface area contributed by atoms with E-state index < -0.39 is 35.6 Å². The second kappa shape index (κ2) is 9.08. The van der Waals surface area contributed by atoms with Crippen molar-refractivity contribution < 1.29 is 29.0 Å². The number of carbonyl (C=O) groups is 3. The van der Waals surface area contributed by atoms with Crippen LogP contribution in [0.15, 0.2) is 30.9 Å². The Labute approximate surface area is 198 Å². The summed E-state index contributed by atoms with van der Waals surface area (Å²) in [6.07, 6.45) is 2.14. The molecule has 0 aliphatic carbocycles. The SMILES string of the molecule is C=CCN(C(=O)[C@@H]1N(CCO)C(=O)[C@H]2[C@H](C(=O)OCC)[C@@H]3CC[C@]12O3)c1c(C)cccc1Cl. The van der Waals surface area contributed by atoms with Crippen LogP contribution in [0.3, 0.4) is 0 Å². The number of fused-ring (bicyclic) bond motifs is 1. The standard InChI is InChI=1S/C24H29ClN2O6/c1-4-11-26(19-14(3)7-6-8-15(19)25)22(30)20-24-10-9-16(33-24)17(23(31)32-5-2)18(24)21(29)27(20)12-13-28/h4,6-8,16-18,20,28H,1,5,9-13H2,2-3H3/t16-,17+,18+,20-,24+/m0/s1. The maximum Gasteiger partial charge on any atom is 0.312 e. The van der Waals surface area contributed by atoms with Crippen LogP contribution in [0.25, 0.3) is 0 Å². The van der Waals surface area contributed by atoms with Crippen LogP contribution in [0.4, 0.5) is 5.69 Å². The van der Waals surface area contributed by atoms with Gasteiger partial charge < -0.3 is 24.4 Å². The minimum Gasteiger partial charge on any atom is -0.466 e. The number of halogens is 1. The van der Waals surface area contributed by atoms with Gasteiger partial charge in [0.1, 0.15) is 11.6 Å². The highest BCUT2D eigenvalue weighted by Crippen LogP contribution is 2.59. The normalized spacial score (nSPS) is 29.8. The molecule has 1 aromatic rings. The van der Waals surface area contributed by atoms with E-state index in [1.165, 1.54) is 9.80 Å². The number of rotatable bonds is 8. The predicted octanol–water partition coefficient (Wildman–Crippen LogP) is 2.10. The van der Waals surface area contributed by atoms with Gasteiger partial charge in [-0.05, 0) is 38.3 Å². The van der Waals surface area contributed by atoms with Crippen LogP contribution < -0.4 is 4.90 Å². The maximum absolute atomic E-state index is 14.1. The number of anilines is 1. The van der Waals surface area contributed by atoms with Crippen molar-refractivity contribution >= 4 is 35.1 Å². The van der Waals surface area contributed by atoms with E-state index in [-0.39, 0.29) is 38.1 Å². The van der Waals surface area contributed by atoms with Gasteiger partial charge in [0.25, 0.3) is 5.91 Å². The van der Waals surface area contributed by atoms with Crippen molar-refractivity contribution in [2.24, 2.45) is 11.8 Å². The maximum atomic E-state index is 14.1. The summed E-state index contributed by atoms with van der Waals surface area (Å²) in [5.41, 5.74) is 0.181. The number of amides is 2. The number of aliphatic hydroxyl groups excluding tert-OH is 1. The highest BCUT2D eigenvalue weighted by Gasteiger charge is 2.75. The Bertz CT molecular complexity index is 963. The first-order valence-corrected chi connectivity index (χ1v) is 11.6. The van der Waals surface area contributed by atoms with Crippen LogP contribution in [0, 0.1) is 18.8 Å². The van der Waals surface area contributed by atoms with Gasteiger partial charge in [-0.25, -0.2) is 0 Å². The second-order valence-electron chi connectivity index (χ2n) is 8.71. The lowest BCUT2D eigenvalue weighted by Crippen LogP contribution is -2.57. The van der Waals surface area contributed by atoms with Gasteiger partial charge in [-0.15, -0.1) is 6.58 Å². The number of ether oxygens (including phenoxy) is 2. The first-order valence-electron chi connectivity index (χ1n) is 11.3. The van der Waals surface area contributed by atoms with E-state index in [1.807, 2.05) is 13.0 Å². The van der Waals surface area contributed by atoms with Gasteiger partial charge >= 0.3 is 5.97 Å². The second-order valence-corrected chi connectivity index (χ2v) is 9.11. The molecule has 2 bridgehead atoms. The van der Waals surface area contributed by atoms with Crippen LogP contribution in [0.1, 0.15) is 25.3 Å². The van der Waals surface area contributed by atoms with Crippen molar-refractivity contribution in [2.45, 2.75) is 44.4 Å². The van der Waals surface area contributed by atoms with Gasteiger partial charge in [-0.2, -0.15) is 0 Å². The predicted molar refractivity (Wildman–Crippen MR) is 122 cm³/mol. The summed E-state index contributed by atoms with van der Waals surface area (Å²) in [5.74, 6) is -2.81. The summed E-state index contributed by atoms with van der Waals surface area (Å²) in [6, 6.07) is 4.36. The van der Waals surface area contributed by atoms with E-state index in [2.05, 4.69) is 6.58 Å². The number of aliphatic hydroxyl groups is 1. The molecule has 2 amide bonds. The average Bonchev–Trinajstić information content (AvgIpc) is 3.41. The molecule has 8 nitrogen and oxygen atoms in total. The van der Waals surface area contributed by atoms with Gasteiger partial charge in [-0.3, -0.25) is 14.4 Å². The Kier molecular flexibility index (Phi) is 6.53. The molecule has 9 heteroatoms. The fourth-order valence-corrected chi connectivity index (χ4v) is 6.14. The van der Waals surface area contributed by atoms with Crippen LogP contribution >= 0.6 is 11.6 Å². The molecule has 3 fully saturated rings. The smallest absolute Gasteiger partial charge is 0.312 e. The largest absolute Gasteiger partial charge is 0.466 e. The summed E-state index contributed by atoms with van der Waals surface area (Å²) in [4.78, 5) is 43.3. The van der Waals surface area contributed by atoms with Crippen molar-refractivity contribution in [3.05, 3.63) is 41.4 Å². The summed E-state index contributed by atoms with van der Waals surface area (Å²) >= 11 is 6.48. The van der Waals surface area contributed by atoms with Gasteiger partial charge in [0.15, 0.2) is 0 Å². The summed E-state index contributed by atoms with van der Waals surface area (Å²) in [5, 5.41) is 10.1. The molecule has 3 aliphatic rings. The fourth-order valence-electron chi connectivity index (χ4n) is 5.82. The van der Waals surface area contributed by atoms with Crippen LogP contribution in [0.2, 0.25) is 5.02 Å². The number of esters is 1. The van der Waals surface area contributed by atoms with Crippen molar-refractivity contribution in [2.75, 3.05) is 31.2 Å². The molecule has 0 aromatic heterocycles. The van der Waals surface area contributed by atoms with Gasteiger partial charge in [0.05, 0.1) is 41.9 Å². The minimum atomic E-state index is -1.15. The molecule has 3 aliphatic heterocycles. The fraction of sp³-hybridized carbons (Fsp3) is 0.542. The third kappa shape index (κ3) is 3.55. The molecule has 1 N–H and O–H groups in total. The van der Waals surface area contributed by atoms with E-state index in [9.17, 15) is 19.5 Å². The molecular weight excluding hydrogens is 448 g/mol. The quantitative estimate of drug-likeness (QED) is 0.456. The van der Waals surface area contributed by atoms with Gasteiger partial charge in [0, 0.05) is 13.1 Å². The first kappa shape index (κ1) is 23.7. The zero-order chi connectivity index (χ0) is 23.9. The number of hydrogen-bond acceptors (Lipinski definition) is 6. The number of para-hydroxylation sites is 1. The molecule has 33 heavy (non-hydrogen) atoms. The van der Waals surface area contributed by atoms with Crippen LogP contribution in [0.5, 0.6) is 0 Å². The molecule has 0 radical (unpaired) electrons. The molecule has 1 aromatic carbocycles. The Morgan fingerprint density at radius 3 is 2.85 bits per heavy atom. The Hall–Kier alpha value is -2.42. The summed E-state index contributed by atoms with van der Waals surface area (Å²) in [6.45, 7) is 7.35. The number of aryl methyl sites for hydroxylation is 1. The van der Waals surface area contributed by atoms with E-state index in [0.29, 0.717) is 23.6 Å². The average molecular weight is 477 g/mol. The molecule has 0 unspecified atom stereocenters. The highest BCUT2D eigenvalue weighted by molar-refractivity contribution is 6.34. The number of nitrogens with zero attached hydrogens (tertiary/aromatic N) is 2. The zero-order valence-corrected chi connectivity index (χ0v) is 19.6. The number of hydrogen-bond donors (Lipinski definition) is 1. The Morgan fingerprint density at radius 1 is 1.45 bits per heavy atom. The molecule has 4 rings (SSSR count). The third-order valence-corrected chi connectivity index (χ3v) is 7.27. The lowest BCUT2D eigenvalue weighted by atomic mass is 9.70. The monoisotopic (exact) mass is 476 g/mol. The number of likely N-dealkylation sites (tertiary alicyclic amines) is 1. The van der Waals surface area contributed by atoms with E-state index in [1.54, 1.807) is 25.1 Å². The van der Waals surface area contributed by atoms with E-state index in [0.717, 1.165) is 5.56 Å². The Balaban J connectivity index is 1.79. The van der Waals surface area contributed by atoms with E-state index in [4.69, 9.17) is 21.1 Å². The van der Waals surface area contributed by atoms with Crippen molar-refractivity contribution in [3.8, 4) is 0 Å². The summed E-state index contributed by atoms with van der Waals surface area (Å²) < 4.78 is 11.6. The first-order chi connectivity index (χ1) is 15.8. The highest BCUT2D eigenvalue weighted by atomic mass is 35.5. The van der Waals surface area contributed by atoms with Crippen LogP contribution in [-0.2, 0) is 23.9 Å². The van der Waals surface area contributed by atoms with Gasteiger partial charge in [-0.1, -0.05) is 29.8 Å². The molecule has 0 saturated carbocycles. The van der Waals surface area contributed by atoms with Crippen molar-refractivity contribution in [3.63, 3.8) is 0 Å². The molecule has 1 spiro atoms.